The minimum atomic E-state index is -0.939. The number of carboxylic acid groups (broad SMARTS) is 1. The Morgan fingerprint density at radius 1 is 1.31 bits per heavy atom. The van der Waals surface area contributed by atoms with E-state index in [4.69, 9.17) is 5.11 Å². The normalized spacial score (nSPS) is 10.9. The molecule has 13 heavy (non-hydrogen) atoms. The van der Waals surface area contributed by atoms with E-state index in [2.05, 4.69) is 6.58 Å². The molecule has 1 rings (SSSR count). The second-order valence-corrected chi connectivity index (χ2v) is 2.49. The van der Waals surface area contributed by atoms with Crippen LogP contribution in [0.25, 0.3) is 5.57 Å². The predicted octanol–water partition coefficient (Wildman–Crippen LogP) is 2.34. The maximum atomic E-state index is 10.8. The van der Waals surface area contributed by atoms with Gasteiger partial charge in [-0.25, -0.2) is 4.79 Å². The van der Waals surface area contributed by atoms with Gasteiger partial charge < -0.3 is 5.11 Å². The molecule has 0 heterocycles. The third-order valence-electron chi connectivity index (χ3n) is 1.60. The molecule has 2 nitrogen and oxygen atoms in total. The number of aliphatic carboxylic acids is 1. The van der Waals surface area contributed by atoms with Crippen LogP contribution in [0.1, 0.15) is 5.56 Å². The first-order valence-corrected chi connectivity index (χ1v) is 3.87. The third kappa shape index (κ3) is 2.30. The quantitative estimate of drug-likeness (QED) is 0.564. The molecule has 0 saturated heterocycles. The Labute approximate surface area is 76.8 Å². The standard InChI is InChI=1S/C11H10O2/c1-2-6-10(11(12)13)9-7-4-3-5-8-9/h2-8H,1H2,(H,12,13)/b10-6+. The average molecular weight is 174 g/mol. The second-order valence-electron chi connectivity index (χ2n) is 2.49. The van der Waals surface area contributed by atoms with Crippen LogP contribution in [0.3, 0.4) is 0 Å². The van der Waals surface area contributed by atoms with Gasteiger partial charge in [0.25, 0.3) is 0 Å². The highest BCUT2D eigenvalue weighted by Gasteiger charge is 2.07. The first kappa shape index (κ1) is 9.26. The van der Waals surface area contributed by atoms with Gasteiger partial charge in [-0.05, 0) is 11.6 Å². The maximum Gasteiger partial charge on any atom is 0.336 e. The Morgan fingerprint density at radius 3 is 2.38 bits per heavy atom. The highest BCUT2D eigenvalue weighted by Crippen LogP contribution is 2.13. The molecule has 0 aliphatic rings. The summed E-state index contributed by atoms with van der Waals surface area (Å²) in [6.07, 6.45) is 2.95. The van der Waals surface area contributed by atoms with E-state index < -0.39 is 5.97 Å². The van der Waals surface area contributed by atoms with Crippen LogP contribution in [0.5, 0.6) is 0 Å². The molecule has 66 valence electrons. The summed E-state index contributed by atoms with van der Waals surface area (Å²) in [6, 6.07) is 8.95. The van der Waals surface area contributed by atoms with Gasteiger partial charge in [0.2, 0.25) is 0 Å². The molecule has 2 heteroatoms. The Hall–Kier alpha value is -1.83. The summed E-state index contributed by atoms with van der Waals surface area (Å²) in [6.45, 7) is 3.47. The van der Waals surface area contributed by atoms with E-state index in [1.54, 1.807) is 24.3 Å². The summed E-state index contributed by atoms with van der Waals surface area (Å²) in [4.78, 5) is 10.8. The van der Waals surface area contributed by atoms with Gasteiger partial charge in [-0.1, -0.05) is 43.0 Å². The molecule has 1 aromatic rings. The van der Waals surface area contributed by atoms with Gasteiger partial charge in [0.15, 0.2) is 0 Å². The van der Waals surface area contributed by atoms with Crippen LogP contribution in [0.2, 0.25) is 0 Å². The van der Waals surface area contributed by atoms with Gasteiger partial charge in [-0.3, -0.25) is 0 Å². The fraction of sp³-hybridized carbons (Fsp3) is 0. The van der Waals surface area contributed by atoms with Crippen molar-refractivity contribution in [2.75, 3.05) is 0 Å². The summed E-state index contributed by atoms with van der Waals surface area (Å²) in [5.41, 5.74) is 0.950. The zero-order valence-corrected chi connectivity index (χ0v) is 7.10. The van der Waals surface area contributed by atoms with E-state index in [-0.39, 0.29) is 5.57 Å². The largest absolute Gasteiger partial charge is 0.478 e. The maximum absolute atomic E-state index is 10.8. The number of benzene rings is 1. The Kier molecular flexibility index (Phi) is 3.03. The first-order valence-electron chi connectivity index (χ1n) is 3.87. The molecule has 1 aromatic carbocycles. The number of carbonyl (C=O) groups is 1. The Balaban J connectivity index is 3.10. The molecule has 0 spiro atoms. The molecule has 0 bridgehead atoms. The first-order chi connectivity index (χ1) is 6.25. The molecule has 0 amide bonds. The van der Waals surface area contributed by atoms with Gasteiger partial charge >= 0.3 is 5.97 Å². The van der Waals surface area contributed by atoms with E-state index in [1.807, 2.05) is 6.07 Å². The molecule has 0 aliphatic carbocycles. The van der Waals surface area contributed by atoms with Crippen molar-refractivity contribution in [2.45, 2.75) is 0 Å². The lowest BCUT2D eigenvalue weighted by Gasteiger charge is -1.99. The summed E-state index contributed by atoms with van der Waals surface area (Å²) in [5.74, 6) is -0.939. The minimum Gasteiger partial charge on any atom is -0.478 e. The molecule has 0 unspecified atom stereocenters. The minimum absolute atomic E-state index is 0.260. The number of hydrogen-bond acceptors (Lipinski definition) is 1. The molecular weight excluding hydrogens is 164 g/mol. The van der Waals surface area contributed by atoms with Gasteiger partial charge in [0, 0.05) is 0 Å². The van der Waals surface area contributed by atoms with Gasteiger partial charge in [0.1, 0.15) is 0 Å². The number of rotatable bonds is 3. The summed E-state index contributed by atoms with van der Waals surface area (Å²) in [5, 5.41) is 8.84. The van der Waals surface area contributed by atoms with Crippen molar-refractivity contribution in [3.63, 3.8) is 0 Å². The van der Waals surface area contributed by atoms with Crippen molar-refractivity contribution < 1.29 is 9.90 Å². The predicted molar refractivity (Wildman–Crippen MR) is 52.3 cm³/mol. The summed E-state index contributed by atoms with van der Waals surface area (Å²) in [7, 11) is 0. The molecule has 0 aromatic heterocycles. The van der Waals surface area contributed by atoms with Crippen molar-refractivity contribution in [3.8, 4) is 0 Å². The lowest BCUT2D eigenvalue weighted by atomic mass is 10.1. The highest BCUT2D eigenvalue weighted by atomic mass is 16.4. The zero-order chi connectivity index (χ0) is 9.68. The van der Waals surface area contributed by atoms with E-state index in [0.29, 0.717) is 5.56 Å². The van der Waals surface area contributed by atoms with Crippen LogP contribution in [-0.4, -0.2) is 11.1 Å². The Bertz CT molecular complexity index is 336. The summed E-state index contributed by atoms with van der Waals surface area (Å²) < 4.78 is 0. The van der Waals surface area contributed by atoms with Crippen LogP contribution in [-0.2, 0) is 4.79 Å². The van der Waals surface area contributed by atoms with Crippen LogP contribution in [0.15, 0.2) is 49.1 Å². The molecule has 0 saturated carbocycles. The Morgan fingerprint density at radius 2 is 1.92 bits per heavy atom. The van der Waals surface area contributed by atoms with Gasteiger partial charge in [0.05, 0.1) is 5.57 Å². The van der Waals surface area contributed by atoms with Crippen molar-refractivity contribution in [1.82, 2.24) is 0 Å². The summed E-state index contributed by atoms with van der Waals surface area (Å²) >= 11 is 0. The van der Waals surface area contributed by atoms with Crippen LogP contribution in [0.4, 0.5) is 0 Å². The van der Waals surface area contributed by atoms with E-state index in [1.165, 1.54) is 12.2 Å². The monoisotopic (exact) mass is 174 g/mol. The van der Waals surface area contributed by atoms with Gasteiger partial charge in [-0.2, -0.15) is 0 Å². The highest BCUT2D eigenvalue weighted by molar-refractivity contribution is 6.15. The SMILES string of the molecule is C=C/C=C(/C(=O)O)c1ccccc1. The van der Waals surface area contributed by atoms with Crippen molar-refractivity contribution in [2.24, 2.45) is 0 Å². The smallest absolute Gasteiger partial charge is 0.336 e. The van der Waals surface area contributed by atoms with E-state index >= 15 is 0 Å². The second kappa shape index (κ2) is 4.26. The fourth-order valence-corrected chi connectivity index (χ4v) is 1.03. The molecule has 0 atom stereocenters. The lowest BCUT2D eigenvalue weighted by molar-refractivity contribution is -0.130. The molecule has 0 aliphatic heterocycles. The van der Waals surface area contributed by atoms with Crippen LogP contribution in [0, 0.1) is 0 Å². The average Bonchev–Trinajstić information content (AvgIpc) is 2.15. The number of allylic oxidation sites excluding steroid dienone is 2. The van der Waals surface area contributed by atoms with Crippen LogP contribution < -0.4 is 0 Å². The van der Waals surface area contributed by atoms with E-state index in [0.717, 1.165) is 0 Å². The number of carboxylic acids is 1. The lowest BCUT2D eigenvalue weighted by Crippen LogP contribution is -1.98. The topological polar surface area (TPSA) is 37.3 Å². The number of hydrogen-bond donors (Lipinski definition) is 1. The van der Waals surface area contributed by atoms with E-state index in [9.17, 15) is 4.79 Å². The molecule has 0 radical (unpaired) electrons. The van der Waals surface area contributed by atoms with Crippen molar-refractivity contribution >= 4 is 11.5 Å². The molecular formula is C11H10O2. The third-order valence-corrected chi connectivity index (χ3v) is 1.60. The van der Waals surface area contributed by atoms with Crippen LogP contribution >= 0.6 is 0 Å². The molecule has 0 fully saturated rings. The van der Waals surface area contributed by atoms with Crippen molar-refractivity contribution in [3.05, 3.63) is 54.6 Å². The molecule has 1 N–H and O–H groups in total. The zero-order valence-electron chi connectivity index (χ0n) is 7.10. The fourth-order valence-electron chi connectivity index (χ4n) is 1.03. The van der Waals surface area contributed by atoms with Crippen molar-refractivity contribution in [1.29, 1.82) is 0 Å². The van der Waals surface area contributed by atoms with Gasteiger partial charge in [-0.15, -0.1) is 0 Å².